The summed E-state index contributed by atoms with van der Waals surface area (Å²) in [5.74, 6) is -0.192. The second kappa shape index (κ2) is 4.98. The van der Waals surface area contributed by atoms with Gasteiger partial charge >= 0.3 is 0 Å². The number of hydrogen-bond acceptors (Lipinski definition) is 2. The summed E-state index contributed by atoms with van der Waals surface area (Å²) < 4.78 is 0.149. The first-order valence-corrected chi connectivity index (χ1v) is 6.13. The largest absolute Gasteiger partial charge is 0.324 e. The van der Waals surface area contributed by atoms with Crippen molar-refractivity contribution >= 4 is 43.5 Å². The molecule has 0 heterocycles. The second-order valence-electron chi connectivity index (χ2n) is 3.73. The molecule has 0 unspecified atom stereocenters. The maximum Gasteiger partial charge on any atom is 0.240 e. The molecule has 1 rings (SSSR count). The Kier molecular flexibility index (Phi) is 4.11. The Labute approximate surface area is 111 Å². The number of benzene rings is 1. The molecule has 0 aliphatic heterocycles. The minimum atomic E-state index is -0.665. The monoisotopic (exact) mass is 344 g/mol. The molecule has 0 fully saturated rings. The molecule has 1 N–H and O–H groups in total. The predicted molar refractivity (Wildman–Crippen MR) is 70.5 cm³/mol. The van der Waals surface area contributed by atoms with E-state index in [2.05, 4.69) is 37.2 Å². The quantitative estimate of drug-likeness (QED) is 0.835. The molecule has 1 amide bonds. The van der Waals surface area contributed by atoms with Gasteiger partial charge in [0.05, 0.1) is 15.6 Å². The Morgan fingerprint density at radius 3 is 2.62 bits per heavy atom. The van der Waals surface area contributed by atoms with Gasteiger partial charge in [-0.25, -0.2) is 0 Å². The van der Waals surface area contributed by atoms with Crippen molar-refractivity contribution in [1.82, 2.24) is 0 Å². The van der Waals surface area contributed by atoms with Crippen molar-refractivity contribution < 1.29 is 4.79 Å². The van der Waals surface area contributed by atoms with Crippen LogP contribution in [0, 0.1) is 11.3 Å². The van der Waals surface area contributed by atoms with E-state index in [4.69, 9.17) is 5.26 Å². The number of rotatable bonds is 2. The molecule has 5 heteroatoms. The van der Waals surface area contributed by atoms with Crippen LogP contribution in [0.1, 0.15) is 19.4 Å². The van der Waals surface area contributed by atoms with Crippen molar-refractivity contribution in [1.29, 1.82) is 5.26 Å². The van der Waals surface area contributed by atoms with E-state index >= 15 is 0 Å². The lowest BCUT2D eigenvalue weighted by Gasteiger charge is -2.16. The normalized spacial score (nSPS) is 10.7. The summed E-state index contributed by atoms with van der Waals surface area (Å²) in [6.07, 6.45) is 0. The zero-order valence-corrected chi connectivity index (χ0v) is 12.0. The Morgan fingerprint density at radius 2 is 2.12 bits per heavy atom. The first kappa shape index (κ1) is 13.2. The van der Waals surface area contributed by atoms with E-state index in [9.17, 15) is 4.79 Å². The molecule has 0 atom stereocenters. The highest BCUT2D eigenvalue weighted by Crippen LogP contribution is 2.24. The van der Waals surface area contributed by atoms with Gasteiger partial charge in [-0.1, -0.05) is 31.9 Å². The van der Waals surface area contributed by atoms with E-state index in [1.165, 1.54) is 0 Å². The molecule has 0 saturated heterocycles. The van der Waals surface area contributed by atoms with Crippen LogP contribution in [0.4, 0.5) is 5.69 Å². The van der Waals surface area contributed by atoms with E-state index in [0.29, 0.717) is 11.3 Å². The van der Waals surface area contributed by atoms with Crippen LogP contribution in [-0.4, -0.2) is 10.2 Å². The molecule has 0 aliphatic rings. The van der Waals surface area contributed by atoms with E-state index in [1.807, 2.05) is 6.07 Å². The third kappa shape index (κ3) is 3.32. The fourth-order valence-electron chi connectivity index (χ4n) is 0.988. The summed E-state index contributed by atoms with van der Waals surface area (Å²) in [5.41, 5.74) is 0.947. The molecule has 0 spiro atoms. The molecule has 0 saturated carbocycles. The second-order valence-corrected chi connectivity index (χ2v) is 6.63. The lowest BCUT2D eigenvalue weighted by Crippen LogP contribution is -2.31. The van der Waals surface area contributed by atoms with Gasteiger partial charge in [0.15, 0.2) is 0 Å². The Balaban J connectivity index is 3.02. The smallest absolute Gasteiger partial charge is 0.240 e. The van der Waals surface area contributed by atoms with Crippen molar-refractivity contribution in [3.05, 3.63) is 28.2 Å². The third-order valence-corrected chi connectivity index (χ3v) is 2.74. The summed E-state index contributed by atoms with van der Waals surface area (Å²) in [7, 11) is 0. The van der Waals surface area contributed by atoms with Gasteiger partial charge in [-0.3, -0.25) is 4.79 Å². The lowest BCUT2D eigenvalue weighted by molar-refractivity contribution is -0.117. The molecule has 0 bridgehead atoms. The molecule has 0 aromatic heterocycles. The van der Waals surface area contributed by atoms with Gasteiger partial charge in [0.2, 0.25) is 5.91 Å². The zero-order chi connectivity index (χ0) is 12.3. The van der Waals surface area contributed by atoms with Crippen LogP contribution in [0.5, 0.6) is 0 Å². The van der Waals surface area contributed by atoms with Gasteiger partial charge < -0.3 is 5.32 Å². The number of amides is 1. The van der Waals surface area contributed by atoms with Crippen LogP contribution in [0.2, 0.25) is 0 Å². The summed E-state index contributed by atoms with van der Waals surface area (Å²) in [6.45, 7) is 3.48. The van der Waals surface area contributed by atoms with Gasteiger partial charge in [0, 0.05) is 4.47 Å². The van der Waals surface area contributed by atoms with Gasteiger partial charge in [-0.15, -0.1) is 0 Å². The summed E-state index contributed by atoms with van der Waals surface area (Å²) in [4.78, 5) is 11.7. The molecule has 16 heavy (non-hydrogen) atoms. The fourth-order valence-corrected chi connectivity index (χ4v) is 1.45. The van der Waals surface area contributed by atoms with Crippen molar-refractivity contribution in [2.24, 2.45) is 0 Å². The van der Waals surface area contributed by atoms with Crippen LogP contribution >= 0.6 is 31.9 Å². The summed E-state index contributed by atoms with van der Waals surface area (Å²) >= 11 is 6.55. The fraction of sp³-hybridized carbons (Fsp3) is 0.273. The highest BCUT2D eigenvalue weighted by Gasteiger charge is 2.24. The SMILES string of the molecule is CC(C)(Br)C(=O)Nc1cc(Br)ccc1C#N. The molecular weight excluding hydrogens is 336 g/mol. The highest BCUT2D eigenvalue weighted by atomic mass is 79.9. The molecule has 0 radical (unpaired) electrons. The average Bonchev–Trinajstić information content (AvgIpc) is 2.16. The molecular formula is C11H10Br2N2O. The number of nitriles is 1. The summed E-state index contributed by atoms with van der Waals surface area (Å²) in [6, 6.07) is 7.14. The van der Waals surface area contributed by atoms with E-state index in [1.54, 1.807) is 32.0 Å². The van der Waals surface area contributed by atoms with Gasteiger partial charge in [-0.05, 0) is 32.0 Å². The lowest BCUT2D eigenvalue weighted by atomic mass is 10.1. The molecule has 1 aromatic carbocycles. The molecule has 84 valence electrons. The minimum absolute atomic E-state index is 0.192. The Hall–Kier alpha value is -0.860. The van der Waals surface area contributed by atoms with Crippen molar-refractivity contribution in [3.63, 3.8) is 0 Å². The maximum absolute atomic E-state index is 11.7. The molecule has 1 aromatic rings. The first-order chi connectivity index (χ1) is 7.34. The zero-order valence-electron chi connectivity index (χ0n) is 8.84. The third-order valence-electron chi connectivity index (χ3n) is 1.89. The van der Waals surface area contributed by atoms with Gasteiger partial charge in [0.1, 0.15) is 6.07 Å². The van der Waals surface area contributed by atoms with Crippen molar-refractivity contribution in [2.75, 3.05) is 5.32 Å². The van der Waals surface area contributed by atoms with E-state index in [-0.39, 0.29) is 5.91 Å². The number of carbonyl (C=O) groups excluding carboxylic acids is 1. The number of anilines is 1. The topological polar surface area (TPSA) is 52.9 Å². The number of nitrogens with zero attached hydrogens (tertiary/aromatic N) is 1. The Bertz CT molecular complexity index is 458. The minimum Gasteiger partial charge on any atom is -0.324 e. The van der Waals surface area contributed by atoms with Crippen LogP contribution in [0.25, 0.3) is 0 Å². The average molecular weight is 346 g/mol. The van der Waals surface area contributed by atoms with Crippen LogP contribution in [0.15, 0.2) is 22.7 Å². The predicted octanol–water partition coefficient (Wildman–Crippen LogP) is 3.43. The Morgan fingerprint density at radius 1 is 1.50 bits per heavy atom. The van der Waals surface area contributed by atoms with Crippen molar-refractivity contribution in [3.8, 4) is 6.07 Å². The number of carbonyl (C=O) groups is 1. The number of alkyl halides is 1. The molecule has 3 nitrogen and oxygen atoms in total. The number of hydrogen-bond donors (Lipinski definition) is 1. The van der Waals surface area contributed by atoms with Gasteiger partial charge in [-0.2, -0.15) is 5.26 Å². The highest BCUT2D eigenvalue weighted by molar-refractivity contribution is 9.10. The van der Waals surface area contributed by atoms with E-state index < -0.39 is 4.32 Å². The van der Waals surface area contributed by atoms with Crippen LogP contribution in [-0.2, 0) is 4.79 Å². The number of halogens is 2. The van der Waals surface area contributed by atoms with Crippen LogP contribution in [0.3, 0.4) is 0 Å². The number of nitrogens with one attached hydrogen (secondary N) is 1. The van der Waals surface area contributed by atoms with Gasteiger partial charge in [0.25, 0.3) is 0 Å². The maximum atomic E-state index is 11.7. The standard InChI is InChI=1S/C11H10Br2N2O/c1-11(2,13)10(16)15-9-5-8(12)4-3-7(9)6-14/h3-5H,1-2H3,(H,15,16). The molecule has 0 aliphatic carbocycles. The first-order valence-electron chi connectivity index (χ1n) is 4.54. The van der Waals surface area contributed by atoms with Crippen molar-refractivity contribution in [2.45, 2.75) is 18.2 Å². The summed E-state index contributed by atoms with van der Waals surface area (Å²) in [5, 5.41) is 11.6. The van der Waals surface area contributed by atoms with Crippen LogP contribution < -0.4 is 5.32 Å². The van der Waals surface area contributed by atoms with E-state index in [0.717, 1.165) is 4.47 Å².